The number of carbonyl (C=O) groups is 1. The second-order valence-electron chi connectivity index (χ2n) is 4.44. The molecule has 0 radical (unpaired) electrons. The summed E-state index contributed by atoms with van der Waals surface area (Å²) in [5.41, 5.74) is 0.00419. The number of hydrogen-bond donors (Lipinski definition) is 1. The van der Waals surface area contributed by atoms with Crippen molar-refractivity contribution in [3.63, 3.8) is 0 Å². The van der Waals surface area contributed by atoms with Crippen LogP contribution in [0.4, 0.5) is 5.69 Å². The first-order chi connectivity index (χ1) is 9.49. The van der Waals surface area contributed by atoms with Crippen LogP contribution in [0.5, 0.6) is 5.75 Å². The molecular weight excluding hydrogens is 284 g/mol. The summed E-state index contributed by atoms with van der Waals surface area (Å²) in [5, 5.41) is 13.6. The van der Waals surface area contributed by atoms with Gasteiger partial charge in [-0.3, -0.25) is 14.9 Å². The average molecular weight is 301 g/mol. The molecule has 1 rings (SSSR count). The molecule has 1 amide bonds. The number of halogens is 1. The van der Waals surface area contributed by atoms with Crippen LogP contribution in [0.2, 0.25) is 0 Å². The lowest BCUT2D eigenvalue weighted by atomic mass is 10.1. The topological polar surface area (TPSA) is 81.5 Å². The van der Waals surface area contributed by atoms with Crippen LogP contribution in [-0.2, 0) is 0 Å². The summed E-state index contributed by atoms with van der Waals surface area (Å²) >= 11 is 5.62. The van der Waals surface area contributed by atoms with Crippen molar-refractivity contribution in [1.82, 2.24) is 5.32 Å². The fraction of sp³-hybridized carbons (Fsp3) is 0.462. The van der Waals surface area contributed by atoms with E-state index in [0.717, 1.165) is 6.42 Å². The quantitative estimate of drug-likeness (QED) is 0.477. The van der Waals surface area contributed by atoms with E-state index in [2.05, 4.69) is 5.32 Å². The number of alkyl halides is 1. The van der Waals surface area contributed by atoms with Gasteiger partial charge in [0.25, 0.3) is 5.91 Å². The van der Waals surface area contributed by atoms with Crippen molar-refractivity contribution in [2.24, 2.45) is 5.92 Å². The fourth-order valence-electron chi connectivity index (χ4n) is 1.63. The predicted octanol–water partition coefficient (Wildman–Crippen LogP) is 2.60. The first kappa shape index (κ1) is 16.2. The maximum absolute atomic E-state index is 11.9. The normalized spacial score (nSPS) is 11.8. The summed E-state index contributed by atoms with van der Waals surface area (Å²) < 4.78 is 4.88. The van der Waals surface area contributed by atoms with E-state index in [1.165, 1.54) is 25.3 Å². The van der Waals surface area contributed by atoms with Gasteiger partial charge in [-0.25, -0.2) is 0 Å². The highest BCUT2D eigenvalue weighted by molar-refractivity contribution is 6.17. The molecule has 0 bridgehead atoms. The van der Waals surface area contributed by atoms with Gasteiger partial charge in [-0.1, -0.05) is 6.92 Å². The van der Waals surface area contributed by atoms with Crippen LogP contribution >= 0.6 is 11.6 Å². The Hall–Kier alpha value is -1.82. The van der Waals surface area contributed by atoms with Crippen molar-refractivity contribution < 1.29 is 14.5 Å². The van der Waals surface area contributed by atoms with Crippen LogP contribution in [0.1, 0.15) is 23.7 Å². The number of rotatable bonds is 7. The zero-order valence-electron chi connectivity index (χ0n) is 11.4. The molecule has 1 unspecified atom stereocenters. The monoisotopic (exact) mass is 300 g/mol. The van der Waals surface area contributed by atoms with Gasteiger partial charge in [0, 0.05) is 24.1 Å². The van der Waals surface area contributed by atoms with Crippen LogP contribution in [-0.4, -0.2) is 30.4 Å². The van der Waals surface area contributed by atoms with Gasteiger partial charge in [0.15, 0.2) is 5.75 Å². The Kier molecular flexibility index (Phi) is 6.24. The number of methoxy groups -OCH3 is 1. The van der Waals surface area contributed by atoms with Gasteiger partial charge in [0.1, 0.15) is 0 Å². The van der Waals surface area contributed by atoms with E-state index >= 15 is 0 Å². The SMILES string of the molecule is COc1ccc(C(=O)NCC(C)CCCl)cc1[N+](=O)[O-]. The van der Waals surface area contributed by atoms with Crippen molar-refractivity contribution in [2.45, 2.75) is 13.3 Å². The van der Waals surface area contributed by atoms with Gasteiger partial charge in [0.2, 0.25) is 0 Å². The van der Waals surface area contributed by atoms with Gasteiger partial charge in [-0.2, -0.15) is 0 Å². The number of amides is 1. The molecule has 0 saturated carbocycles. The van der Waals surface area contributed by atoms with Crippen LogP contribution in [0.15, 0.2) is 18.2 Å². The summed E-state index contributed by atoms with van der Waals surface area (Å²) in [6.07, 6.45) is 0.796. The number of benzene rings is 1. The Morgan fingerprint density at radius 3 is 2.80 bits per heavy atom. The number of nitro groups is 1. The number of ether oxygens (including phenoxy) is 1. The summed E-state index contributed by atoms with van der Waals surface area (Å²) in [4.78, 5) is 22.2. The Morgan fingerprint density at radius 1 is 1.55 bits per heavy atom. The summed E-state index contributed by atoms with van der Waals surface area (Å²) in [7, 11) is 1.34. The van der Waals surface area contributed by atoms with Crippen molar-refractivity contribution in [1.29, 1.82) is 0 Å². The highest BCUT2D eigenvalue weighted by atomic mass is 35.5. The lowest BCUT2D eigenvalue weighted by Crippen LogP contribution is -2.28. The number of nitrogens with zero attached hydrogens (tertiary/aromatic N) is 1. The van der Waals surface area contributed by atoms with Gasteiger partial charge < -0.3 is 10.1 Å². The molecule has 0 heterocycles. The van der Waals surface area contributed by atoms with Crippen LogP contribution in [0.3, 0.4) is 0 Å². The molecule has 1 N–H and O–H groups in total. The molecule has 7 heteroatoms. The standard InChI is InChI=1S/C13H17ClN2O4/c1-9(5-6-14)8-15-13(17)10-3-4-12(20-2)11(7-10)16(18)19/h3-4,7,9H,5-6,8H2,1-2H3,(H,15,17). The maximum Gasteiger partial charge on any atom is 0.311 e. The molecule has 0 saturated heterocycles. The lowest BCUT2D eigenvalue weighted by molar-refractivity contribution is -0.385. The number of carbonyl (C=O) groups excluding carboxylic acids is 1. The predicted molar refractivity (Wildman–Crippen MR) is 76.5 cm³/mol. The van der Waals surface area contributed by atoms with Crippen LogP contribution < -0.4 is 10.1 Å². The molecule has 1 aromatic carbocycles. The van der Waals surface area contributed by atoms with E-state index in [1.807, 2.05) is 6.92 Å². The highest BCUT2D eigenvalue weighted by Gasteiger charge is 2.18. The highest BCUT2D eigenvalue weighted by Crippen LogP contribution is 2.27. The third-order valence-electron chi connectivity index (χ3n) is 2.85. The smallest absolute Gasteiger partial charge is 0.311 e. The van der Waals surface area contributed by atoms with Crippen molar-refractivity contribution in [3.05, 3.63) is 33.9 Å². The van der Waals surface area contributed by atoms with Gasteiger partial charge in [-0.15, -0.1) is 11.6 Å². The first-order valence-corrected chi connectivity index (χ1v) is 6.69. The lowest BCUT2D eigenvalue weighted by Gasteiger charge is -2.11. The van der Waals surface area contributed by atoms with E-state index in [9.17, 15) is 14.9 Å². The molecule has 1 atom stereocenters. The Morgan fingerprint density at radius 2 is 2.25 bits per heavy atom. The summed E-state index contributed by atoms with van der Waals surface area (Å²) in [6, 6.07) is 4.11. The Bertz CT molecular complexity index is 493. The maximum atomic E-state index is 11.9. The van der Waals surface area contributed by atoms with E-state index in [-0.39, 0.29) is 28.8 Å². The van der Waals surface area contributed by atoms with Gasteiger partial charge in [-0.05, 0) is 24.5 Å². The second kappa shape index (κ2) is 7.69. The molecule has 0 aliphatic carbocycles. The largest absolute Gasteiger partial charge is 0.490 e. The molecule has 1 aromatic rings. The third-order valence-corrected chi connectivity index (χ3v) is 3.07. The van der Waals surface area contributed by atoms with Crippen LogP contribution in [0, 0.1) is 16.0 Å². The molecular formula is C13H17ClN2O4. The minimum atomic E-state index is -0.578. The van der Waals surface area contributed by atoms with Crippen LogP contribution in [0.25, 0.3) is 0 Å². The van der Waals surface area contributed by atoms with E-state index in [4.69, 9.17) is 16.3 Å². The van der Waals surface area contributed by atoms with E-state index < -0.39 is 4.92 Å². The minimum absolute atomic E-state index is 0.127. The molecule has 0 aliphatic rings. The fourth-order valence-corrected chi connectivity index (χ4v) is 2.00. The molecule has 110 valence electrons. The van der Waals surface area contributed by atoms with E-state index in [0.29, 0.717) is 12.4 Å². The molecule has 0 aromatic heterocycles. The first-order valence-electron chi connectivity index (χ1n) is 6.16. The van der Waals surface area contributed by atoms with Crippen molar-refractivity contribution in [2.75, 3.05) is 19.5 Å². The minimum Gasteiger partial charge on any atom is -0.490 e. The molecule has 20 heavy (non-hydrogen) atoms. The molecule has 0 aliphatic heterocycles. The van der Waals surface area contributed by atoms with Gasteiger partial charge >= 0.3 is 5.69 Å². The summed E-state index contributed by atoms with van der Waals surface area (Å²) in [5.74, 6) is 0.564. The second-order valence-corrected chi connectivity index (χ2v) is 4.81. The Balaban J connectivity index is 2.78. The van der Waals surface area contributed by atoms with Crippen molar-refractivity contribution >= 4 is 23.2 Å². The van der Waals surface area contributed by atoms with E-state index in [1.54, 1.807) is 0 Å². The Labute approximate surface area is 122 Å². The number of nitrogens with one attached hydrogen (secondary N) is 1. The molecule has 0 spiro atoms. The molecule has 6 nitrogen and oxygen atoms in total. The van der Waals surface area contributed by atoms with Gasteiger partial charge in [0.05, 0.1) is 12.0 Å². The average Bonchev–Trinajstić information content (AvgIpc) is 2.44. The third kappa shape index (κ3) is 4.38. The zero-order valence-corrected chi connectivity index (χ0v) is 12.1. The number of nitro benzene ring substituents is 1. The summed E-state index contributed by atoms with van der Waals surface area (Å²) in [6.45, 7) is 2.45. The number of hydrogen-bond acceptors (Lipinski definition) is 4. The zero-order chi connectivity index (χ0) is 15.1. The van der Waals surface area contributed by atoms with Crippen molar-refractivity contribution in [3.8, 4) is 5.75 Å². The molecule has 0 fully saturated rings.